The first-order valence-corrected chi connectivity index (χ1v) is 16.5. The van der Waals surface area contributed by atoms with Crippen molar-refractivity contribution in [2.45, 2.75) is 63.6 Å². The van der Waals surface area contributed by atoms with E-state index >= 15 is 0 Å². The molecule has 4 aliphatic rings. The number of aromatic hydroxyl groups is 1. The van der Waals surface area contributed by atoms with Gasteiger partial charge in [-0.1, -0.05) is 30.3 Å². The van der Waals surface area contributed by atoms with Crippen LogP contribution in [0.5, 0.6) is 5.75 Å². The van der Waals surface area contributed by atoms with E-state index in [0.717, 1.165) is 67.9 Å². The minimum absolute atomic E-state index is 0.0489. The summed E-state index contributed by atoms with van der Waals surface area (Å²) in [6, 6.07) is 12.7. The molecular weight excluding hydrogens is 572 g/mol. The molecule has 1 atom stereocenters. The molecule has 6 rings (SSSR count). The number of benzene rings is 2. The van der Waals surface area contributed by atoms with Crippen molar-refractivity contribution in [3.05, 3.63) is 59.2 Å². The lowest BCUT2D eigenvalue weighted by atomic mass is 10.0. The summed E-state index contributed by atoms with van der Waals surface area (Å²) >= 11 is 0. The Morgan fingerprint density at radius 2 is 1.67 bits per heavy atom. The van der Waals surface area contributed by atoms with Gasteiger partial charge in [0.2, 0.25) is 5.91 Å². The number of anilines is 1. The highest BCUT2D eigenvalue weighted by Crippen LogP contribution is 2.25. The average Bonchev–Trinajstić information content (AvgIpc) is 3.24. The van der Waals surface area contributed by atoms with Gasteiger partial charge in [0.15, 0.2) is 0 Å². The summed E-state index contributed by atoms with van der Waals surface area (Å²) < 4.78 is 5.53. The van der Waals surface area contributed by atoms with E-state index in [1.54, 1.807) is 11.0 Å². The van der Waals surface area contributed by atoms with Crippen molar-refractivity contribution >= 4 is 23.7 Å². The van der Waals surface area contributed by atoms with E-state index in [2.05, 4.69) is 21.6 Å². The smallest absolute Gasteiger partial charge is 0.322 e. The number of ether oxygens (including phenoxy) is 1. The predicted molar refractivity (Wildman–Crippen MR) is 171 cm³/mol. The molecule has 4 heterocycles. The third-order valence-corrected chi connectivity index (χ3v) is 9.96. The summed E-state index contributed by atoms with van der Waals surface area (Å²) in [6.45, 7) is 7.97. The molecule has 0 bridgehead atoms. The lowest BCUT2D eigenvalue weighted by molar-refractivity contribution is -0.135. The van der Waals surface area contributed by atoms with Gasteiger partial charge < -0.3 is 35.2 Å². The number of phenols is 1. The Balaban J connectivity index is 1.07. The van der Waals surface area contributed by atoms with Crippen LogP contribution in [-0.4, -0.2) is 120 Å². The molecule has 0 aromatic heterocycles. The Hall–Kier alpha value is -3.83. The summed E-state index contributed by atoms with van der Waals surface area (Å²) in [6.07, 6.45) is 4.55. The molecule has 242 valence electrons. The fourth-order valence-electron chi connectivity index (χ4n) is 7.22. The number of piperidine rings is 1. The third-order valence-electron chi connectivity index (χ3n) is 9.96. The quantitative estimate of drug-likeness (QED) is 0.458. The van der Waals surface area contributed by atoms with Crippen molar-refractivity contribution in [1.29, 1.82) is 0 Å². The van der Waals surface area contributed by atoms with Crippen molar-refractivity contribution in [2.24, 2.45) is 0 Å². The number of piperazine rings is 1. The summed E-state index contributed by atoms with van der Waals surface area (Å²) in [5, 5.41) is 16.2. The Bertz CT molecular complexity index is 1360. The Morgan fingerprint density at radius 3 is 2.40 bits per heavy atom. The molecule has 0 radical (unpaired) electrons. The van der Waals surface area contributed by atoms with E-state index in [1.807, 2.05) is 47.1 Å². The van der Waals surface area contributed by atoms with Crippen molar-refractivity contribution < 1.29 is 24.2 Å². The van der Waals surface area contributed by atoms with Crippen LogP contribution < -0.4 is 10.6 Å². The maximum atomic E-state index is 13.9. The van der Waals surface area contributed by atoms with Gasteiger partial charge in [0.25, 0.3) is 0 Å². The van der Waals surface area contributed by atoms with Crippen molar-refractivity contribution in [1.82, 2.24) is 24.9 Å². The summed E-state index contributed by atoms with van der Waals surface area (Å²) in [7, 11) is 0. The van der Waals surface area contributed by atoms with E-state index in [4.69, 9.17) is 4.74 Å². The molecular formula is C34H46N6O5. The number of likely N-dealkylation sites (tertiary alicyclic amines) is 1. The molecule has 0 aliphatic carbocycles. The Kier molecular flexibility index (Phi) is 9.75. The van der Waals surface area contributed by atoms with Crippen molar-refractivity contribution in [3.63, 3.8) is 0 Å². The van der Waals surface area contributed by atoms with Crippen molar-refractivity contribution in [3.8, 4) is 5.75 Å². The molecule has 5 amide bonds. The first-order chi connectivity index (χ1) is 21.9. The van der Waals surface area contributed by atoms with Crippen LogP contribution >= 0.6 is 0 Å². The fraction of sp³-hybridized carbons (Fsp3) is 0.559. The number of phenolic OH excluding ortho intramolecular Hbond substituents is 1. The zero-order valence-corrected chi connectivity index (χ0v) is 26.2. The van der Waals surface area contributed by atoms with Crippen LogP contribution in [0.15, 0.2) is 42.5 Å². The van der Waals surface area contributed by atoms with Gasteiger partial charge in [0.05, 0.1) is 0 Å². The van der Waals surface area contributed by atoms with Crippen LogP contribution in [0.4, 0.5) is 15.3 Å². The van der Waals surface area contributed by atoms with Crippen LogP contribution in [0.3, 0.4) is 0 Å². The molecule has 11 nitrogen and oxygen atoms in total. The van der Waals surface area contributed by atoms with Crippen LogP contribution in [0.25, 0.3) is 0 Å². The van der Waals surface area contributed by atoms with Gasteiger partial charge in [0, 0.05) is 83.2 Å². The largest absolute Gasteiger partial charge is 0.508 e. The number of carbonyl (C=O) groups excluding carboxylic acids is 3. The number of para-hydroxylation sites is 1. The number of hydrogen-bond acceptors (Lipinski definition) is 6. The molecule has 4 aliphatic heterocycles. The lowest BCUT2D eigenvalue weighted by Crippen LogP contribution is -2.59. The number of nitrogens with zero attached hydrogens (tertiary/aromatic N) is 4. The fourth-order valence-corrected chi connectivity index (χ4v) is 7.22. The molecule has 2 aromatic rings. The highest BCUT2D eigenvalue weighted by Gasteiger charge is 2.35. The number of hydrogen-bond donors (Lipinski definition) is 3. The predicted octanol–water partition coefficient (Wildman–Crippen LogP) is 3.20. The van der Waals surface area contributed by atoms with Crippen molar-refractivity contribution in [2.75, 3.05) is 64.3 Å². The van der Waals surface area contributed by atoms with Gasteiger partial charge in [-0.15, -0.1) is 0 Å². The molecule has 45 heavy (non-hydrogen) atoms. The summed E-state index contributed by atoms with van der Waals surface area (Å²) in [5.41, 5.74) is 3.62. The second-order valence-corrected chi connectivity index (χ2v) is 12.8. The monoisotopic (exact) mass is 618 g/mol. The van der Waals surface area contributed by atoms with E-state index in [0.29, 0.717) is 58.0 Å². The maximum absolute atomic E-state index is 13.9. The number of rotatable bonds is 6. The van der Waals surface area contributed by atoms with Gasteiger partial charge in [0.1, 0.15) is 11.8 Å². The normalized spacial score (nSPS) is 21.1. The van der Waals surface area contributed by atoms with E-state index in [1.165, 1.54) is 0 Å². The van der Waals surface area contributed by atoms with E-state index < -0.39 is 6.04 Å². The van der Waals surface area contributed by atoms with E-state index in [9.17, 15) is 19.5 Å². The number of fused-ring (bicyclic) bond motifs is 1. The number of aryl methyl sites for hydroxylation is 1. The number of urea groups is 2. The minimum atomic E-state index is -0.719. The summed E-state index contributed by atoms with van der Waals surface area (Å²) in [4.78, 5) is 48.6. The van der Waals surface area contributed by atoms with E-state index in [-0.39, 0.29) is 29.8 Å². The van der Waals surface area contributed by atoms with Crippen LogP contribution in [0.1, 0.15) is 42.4 Å². The zero-order valence-electron chi connectivity index (χ0n) is 26.2. The zero-order chi connectivity index (χ0) is 31.3. The molecule has 3 fully saturated rings. The lowest BCUT2D eigenvalue weighted by Gasteiger charge is -2.42. The average molecular weight is 619 g/mol. The second kappa shape index (κ2) is 14.1. The standard InChI is InChI=1S/C34H46N6O5/c1-24-22-25(6-7-31(24)41)23-30(32(42)38-18-16-37(17-19-38)27-11-20-45-21-12-27)36-33(43)39-13-9-28(10-14-39)40-15-8-26-4-2-3-5-29(26)35-34(40)44/h2-7,22,27-28,30,41H,8-21,23H2,1H3,(H,35,44)(H,36,43)/t30-/m1/s1. The first kappa shape index (κ1) is 31.2. The second-order valence-electron chi connectivity index (χ2n) is 12.8. The number of carbonyl (C=O) groups is 3. The highest BCUT2D eigenvalue weighted by atomic mass is 16.5. The molecule has 2 aromatic carbocycles. The third kappa shape index (κ3) is 7.36. The number of amides is 5. The number of nitrogens with one attached hydrogen (secondary N) is 2. The molecule has 0 unspecified atom stereocenters. The SMILES string of the molecule is Cc1cc(C[C@@H](NC(=O)N2CCC(N3CCc4ccccc4NC3=O)CC2)C(=O)N2CCN(C3CCOCC3)CC2)ccc1O. The molecule has 0 saturated carbocycles. The van der Waals surface area contributed by atoms with Gasteiger partial charge in [-0.05, 0) is 67.9 Å². The molecule has 3 N–H and O–H groups in total. The van der Waals surface area contributed by atoms with Crippen LogP contribution in [0.2, 0.25) is 0 Å². The minimum Gasteiger partial charge on any atom is -0.508 e. The molecule has 11 heteroatoms. The van der Waals surface area contributed by atoms with Gasteiger partial charge in [-0.25, -0.2) is 9.59 Å². The Labute approximate surface area is 265 Å². The molecule has 3 saturated heterocycles. The summed E-state index contributed by atoms with van der Waals surface area (Å²) in [5.74, 6) is 0.135. The van der Waals surface area contributed by atoms with Crippen LogP contribution in [-0.2, 0) is 22.4 Å². The van der Waals surface area contributed by atoms with Gasteiger partial charge >= 0.3 is 12.1 Å². The van der Waals surface area contributed by atoms with Gasteiger partial charge in [-0.2, -0.15) is 0 Å². The maximum Gasteiger partial charge on any atom is 0.322 e. The van der Waals surface area contributed by atoms with Gasteiger partial charge in [-0.3, -0.25) is 9.69 Å². The first-order valence-electron chi connectivity index (χ1n) is 16.5. The topological polar surface area (TPSA) is 118 Å². The Morgan fingerprint density at radius 1 is 0.933 bits per heavy atom. The van der Waals surface area contributed by atoms with Crippen LogP contribution in [0, 0.1) is 6.92 Å². The molecule has 0 spiro atoms. The highest BCUT2D eigenvalue weighted by molar-refractivity contribution is 5.91.